The smallest absolute Gasteiger partial charge is 0.227 e. The predicted molar refractivity (Wildman–Crippen MR) is 86.4 cm³/mol. The monoisotopic (exact) mass is 280 g/mol. The number of fused-ring (bicyclic) bond motifs is 1. The number of carbonyl (C=O) groups excluding carboxylic acids is 1. The molecule has 0 aliphatic carbocycles. The maximum atomic E-state index is 12.4. The largest absolute Gasteiger partial charge is 0.399 e. The molecule has 3 heteroatoms. The highest BCUT2D eigenvalue weighted by Gasteiger charge is 2.23. The fraction of sp³-hybridized carbons (Fsp3) is 0.278. The van der Waals surface area contributed by atoms with Gasteiger partial charge in [-0.15, -0.1) is 0 Å². The standard InChI is InChI=1S/C18H20N2O/c1-13-6-7-14(12-16(13)19)8-9-18(21)20-11-10-15-4-2-3-5-17(15)20/h2-7,12H,8-11,19H2,1H3. The molecule has 0 radical (unpaired) electrons. The maximum absolute atomic E-state index is 12.4. The van der Waals surface area contributed by atoms with Crippen LogP contribution in [0, 0.1) is 6.92 Å². The van der Waals surface area contributed by atoms with Crippen molar-refractivity contribution in [2.75, 3.05) is 17.2 Å². The summed E-state index contributed by atoms with van der Waals surface area (Å²) in [7, 11) is 0. The molecule has 2 aromatic carbocycles. The van der Waals surface area contributed by atoms with Crippen molar-refractivity contribution in [2.45, 2.75) is 26.2 Å². The van der Waals surface area contributed by atoms with E-state index in [2.05, 4.69) is 12.1 Å². The third-order valence-electron chi connectivity index (χ3n) is 4.16. The summed E-state index contributed by atoms with van der Waals surface area (Å²) in [5.74, 6) is 0.194. The molecule has 3 rings (SSSR count). The van der Waals surface area contributed by atoms with Crippen LogP contribution in [0.25, 0.3) is 0 Å². The zero-order valence-corrected chi connectivity index (χ0v) is 12.3. The second-order valence-electron chi connectivity index (χ2n) is 5.62. The topological polar surface area (TPSA) is 46.3 Å². The van der Waals surface area contributed by atoms with E-state index in [1.807, 2.05) is 42.2 Å². The third kappa shape index (κ3) is 2.77. The van der Waals surface area contributed by atoms with Crippen LogP contribution in [0.1, 0.15) is 23.1 Å². The average molecular weight is 280 g/mol. The predicted octanol–water partition coefficient (Wildman–Crippen LogP) is 3.10. The van der Waals surface area contributed by atoms with E-state index in [0.29, 0.717) is 6.42 Å². The molecule has 108 valence electrons. The Labute approximate surface area is 125 Å². The molecule has 0 aromatic heterocycles. The molecule has 1 aliphatic rings. The molecule has 1 aliphatic heterocycles. The van der Waals surface area contributed by atoms with Crippen LogP contribution in [-0.4, -0.2) is 12.5 Å². The Hall–Kier alpha value is -2.29. The lowest BCUT2D eigenvalue weighted by Gasteiger charge is -2.17. The summed E-state index contributed by atoms with van der Waals surface area (Å²) < 4.78 is 0. The minimum absolute atomic E-state index is 0.194. The number of para-hydroxylation sites is 1. The summed E-state index contributed by atoms with van der Waals surface area (Å²) in [5.41, 5.74) is 11.3. The van der Waals surface area contributed by atoms with E-state index in [4.69, 9.17) is 5.73 Å². The van der Waals surface area contributed by atoms with Gasteiger partial charge < -0.3 is 10.6 Å². The fourth-order valence-electron chi connectivity index (χ4n) is 2.83. The number of hydrogen-bond acceptors (Lipinski definition) is 2. The van der Waals surface area contributed by atoms with Gasteiger partial charge in [0.15, 0.2) is 0 Å². The number of nitrogen functional groups attached to an aromatic ring is 1. The van der Waals surface area contributed by atoms with Crippen LogP contribution in [0.2, 0.25) is 0 Å². The second kappa shape index (κ2) is 5.60. The first-order valence-corrected chi connectivity index (χ1v) is 7.38. The van der Waals surface area contributed by atoms with Crippen molar-refractivity contribution >= 4 is 17.3 Å². The molecule has 1 amide bonds. The van der Waals surface area contributed by atoms with Crippen molar-refractivity contribution in [3.8, 4) is 0 Å². The Kier molecular flexibility index (Phi) is 3.65. The fourth-order valence-corrected chi connectivity index (χ4v) is 2.83. The molecular weight excluding hydrogens is 260 g/mol. The van der Waals surface area contributed by atoms with E-state index in [1.54, 1.807) is 0 Å². The molecular formula is C18H20N2O. The number of benzene rings is 2. The van der Waals surface area contributed by atoms with Gasteiger partial charge in [-0.25, -0.2) is 0 Å². The lowest BCUT2D eigenvalue weighted by atomic mass is 10.1. The highest BCUT2D eigenvalue weighted by molar-refractivity contribution is 5.95. The van der Waals surface area contributed by atoms with E-state index in [0.717, 1.165) is 41.9 Å². The Morgan fingerprint density at radius 3 is 2.86 bits per heavy atom. The number of hydrogen-bond donors (Lipinski definition) is 1. The molecule has 0 saturated carbocycles. The summed E-state index contributed by atoms with van der Waals surface area (Å²) >= 11 is 0. The average Bonchev–Trinajstić information content (AvgIpc) is 2.92. The first kappa shape index (κ1) is 13.7. The van der Waals surface area contributed by atoms with Crippen molar-refractivity contribution in [3.63, 3.8) is 0 Å². The van der Waals surface area contributed by atoms with Gasteiger partial charge in [0.2, 0.25) is 5.91 Å². The lowest BCUT2D eigenvalue weighted by Crippen LogP contribution is -2.29. The van der Waals surface area contributed by atoms with E-state index in [1.165, 1.54) is 5.56 Å². The molecule has 3 nitrogen and oxygen atoms in total. The number of amides is 1. The van der Waals surface area contributed by atoms with Crippen molar-refractivity contribution in [1.82, 2.24) is 0 Å². The van der Waals surface area contributed by atoms with Crippen LogP contribution < -0.4 is 10.6 Å². The first-order valence-electron chi connectivity index (χ1n) is 7.38. The molecule has 2 N–H and O–H groups in total. The first-order chi connectivity index (χ1) is 10.1. The summed E-state index contributed by atoms with van der Waals surface area (Å²) in [6.07, 6.45) is 2.22. The van der Waals surface area contributed by atoms with Gasteiger partial charge in [0, 0.05) is 24.3 Å². The molecule has 2 aromatic rings. The van der Waals surface area contributed by atoms with Crippen LogP contribution in [0.15, 0.2) is 42.5 Å². The molecule has 0 unspecified atom stereocenters. The number of nitrogens with zero attached hydrogens (tertiary/aromatic N) is 1. The number of rotatable bonds is 3. The van der Waals surface area contributed by atoms with Gasteiger partial charge in [-0.2, -0.15) is 0 Å². The van der Waals surface area contributed by atoms with Gasteiger partial charge in [0.25, 0.3) is 0 Å². The van der Waals surface area contributed by atoms with Gasteiger partial charge in [0.1, 0.15) is 0 Å². The Balaban J connectivity index is 1.66. The molecule has 0 atom stereocenters. The Morgan fingerprint density at radius 2 is 2.05 bits per heavy atom. The summed E-state index contributed by atoms with van der Waals surface area (Å²) in [6, 6.07) is 14.2. The number of nitrogens with two attached hydrogens (primary N) is 1. The van der Waals surface area contributed by atoms with Gasteiger partial charge in [0.05, 0.1) is 0 Å². The van der Waals surface area contributed by atoms with Gasteiger partial charge in [-0.3, -0.25) is 4.79 Å². The SMILES string of the molecule is Cc1ccc(CCC(=O)N2CCc3ccccc32)cc1N. The Bertz CT molecular complexity index is 679. The second-order valence-corrected chi connectivity index (χ2v) is 5.62. The number of carbonyl (C=O) groups is 1. The van der Waals surface area contributed by atoms with Crippen molar-refractivity contribution in [2.24, 2.45) is 0 Å². The molecule has 0 bridgehead atoms. The highest BCUT2D eigenvalue weighted by atomic mass is 16.2. The third-order valence-corrected chi connectivity index (χ3v) is 4.16. The van der Waals surface area contributed by atoms with Crippen molar-refractivity contribution in [3.05, 3.63) is 59.2 Å². The minimum Gasteiger partial charge on any atom is -0.399 e. The number of aryl methyl sites for hydroxylation is 2. The lowest BCUT2D eigenvalue weighted by molar-refractivity contribution is -0.118. The minimum atomic E-state index is 0.194. The van der Waals surface area contributed by atoms with E-state index in [-0.39, 0.29) is 5.91 Å². The van der Waals surface area contributed by atoms with Crippen LogP contribution in [0.4, 0.5) is 11.4 Å². The zero-order valence-electron chi connectivity index (χ0n) is 12.3. The van der Waals surface area contributed by atoms with Gasteiger partial charge in [-0.1, -0.05) is 30.3 Å². The van der Waals surface area contributed by atoms with E-state index in [9.17, 15) is 4.79 Å². The molecule has 0 saturated heterocycles. The van der Waals surface area contributed by atoms with Gasteiger partial charge >= 0.3 is 0 Å². The number of anilines is 2. The Morgan fingerprint density at radius 1 is 1.24 bits per heavy atom. The quantitative estimate of drug-likeness (QED) is 0.878. The molecule has 0 fully saturated rings. The molecule has 21 heavy (non-hydrogen) atoms. The highest BCUT2D eigenvalue weighted by Crippen LogP contribution is 2.28. The summed E-state index contributed by atoms with van der Waals surface area (Å²) in [4.78, 5) is 14.3. The van der Waals surface area contributed by atoms with Crippen molar-refractivity contribution < 1.29 is 4.79 Å². The zero-order chi connectivity index (χ0) is 14.8. The van der Waals surface area contributed by atoms with E-state index >= 15 is 0 Å². The summed E-state index contributed by atoms with van der Waals surface area (Å²) in [5, 5.41) is 0. The van der Waals surface area contributed by atoms with Crippen LogP contribution in [0.5, 0.6) is 0 Å². The van der Waals surface area contributed by atoms with Crippen LogP contribution in [0.3, 0.4) is 0 Å². The molecule has 0 spiro atoms. The van der Waals surface area contributed by atoms with Crippen LogP contribution in [-0.2, 0) is 17.6 Å². The summed E-state index contributed by atoms with van der Waals surface area (Å²) in [6.45, 7) is 2.79. The maximum Gasteiger partial charge on any atom is 0.227 e. The van der Waals surface area contributed by atoms with Crippen molar-refractivity contribution in [1.29, 1.82) is 0 Å². The van der Waals surface area contributed by atoms with Gasteiger partial charge in [-0.05, 0) is 48.6 Å². The molecule has 1 heterocycles. The van der Waals surface area contributed by atoms with Crippen LogP contribution >= 0.6 is 0 Å². The van der Waals surface area contributed by atoms with E-state index < -0.39 is 0 Å². The normalized spacial score (nSPS) is 13.3.